The molecule has 5 nitrogen and oxygen atoms in total. The van der Waals surface area contributed by atoms with Crippen LogP contribution in [0.25, 0.3) is 0 Å². The predicted molar refractivity (Wildman–Crippen MR) is 96.0 cm³/mol. The van der Waals surface area contributed by atoms with E-state index < -0.39 is 5.91 Å². The van der Waals surface area contributed by atoms with Crippen LogP contribution in [0, 0.1) is 0 Å². The first-order valence-electron chi connectivity index (χ1n) is 7.05. The van der Waals surface area contributed by atoms with Gasteiger partial charge in [-0.2, -0.15) is 0 Å². The number of rotatable bonds is 4. The average molecular weight is 402 g/mol. The summed E-state index contributed by atoms with van der Waals surface area (Å²) in [5, 5.41) is 6.71. The number of hydrogen-bond donors (Lipinski definition) is 3. The summed E-state index contributed by atoms with van der Waals surface area (Å²) in [5.41, 5.74) is 6.83. The van der Waals surface area contributed by atoms with Gasteiger partial charge in [0.15, 0.2) is 5.96 Å². The van der Waals surface area contributed by atoms with Gasteiger partial charge in [-0.05, 0) is 30.5 Å². The van der Waals surface area contributed by atoms with Crippen LogP contribution in [0.2, 0.25) is 0 Å². The second-order valence-electron chi connectivity index (χ2n) is 5.11. The molecule has 0 radical (unpaired) electrons. The van der Waals surface area contributed by atoms with Crippen molar-refractivity contribution in [1.29, 1.82) is 0 Å². The molecule has 1 aromatic rings. The van der Waals surface area contributed by atoms with Crippen LogP contribution in [0.15, 0.2) is 29.3 Å². The topological polar surface area (TPSA) is 79.5 Å². The second kappa shape index (κ2) is 8.86. The van der Waals surface area contributed by atoms with Gasteiger partial charge in [0.25, 0.3) is 0 Å². The van der Waals surface area contributed by atoms with Crippen LogP contribution in [-0.4, -0.2) is 25.0 Å². The van der Waals surface area contributed by atoms with Crippen molar-refractivity contribution in [3.05, 3.63) is 35.4 Å². The summed E-state index contributed by atoms with van der Waals surface area (Å²) >= 11 is 0. The lowest BCUT2D eigenvalue weighted by Gasteiger charge is -2.16. The summed E-state index contributed by atoms with van der Waals surface area (Å²) in [4.78, 5) is 15.2. The molecule has 0 saturated heterocycles. The van der Waals surface area contributed by atoms with Crippen molar-refractivity contribution < 1.29 is 4.79 Å². The third-order valence-corrected chi connectivity index (χ3v) is 3.62. The number of amides is 1. The number of halogens is 1. The van der Waals surface area contributed by atoms with E-state index in [9.17, 15) is 4.79 Å². The highest BCUT2D eigenvalue weighted by Crippen LogP contribution is 2.17. The molecule has 1 fully saturated rings. The highest BCUT2D eigenvalue weighted by atomic mass is 127. The van der Waals surface area contributed by atoms with Gasteiger partial charge in [-0.1, -0.05) is 25.0 Å². The lowest BCUT2D eigenvalue weighted by molar-refractivity contribution is 0.100. The number of carbonyl (C=O) groups is 1. The Balaban J connectivity index is 0.00000220. The standard InChI is InChI=1S/C15H22N4O.HI/c1-17-15(19-13-4-2-3-5-13)18-10-11-6-8-12(9-7-11)14(16)20;/h6-9,13H,2-5,10H2,1H3,(H2,16,20)(H2,17,18,19);1H. The van der Waals surface area contributed by atoms with Gasteiger partial charge in [-0.25, -0.2) is 0 Å². The number of nitrogens with one attached hydrogen (secondary N) is 2. The van der Waals surface area contributed by atoms with Crippen LogP contribution in [0.5, 0.6) is 0 Å². The molecule has 1 amide bonds. The third-order valence-electron chi connectivity index (χ3n) is 3.62. The second-order valence-corrected chi connectivity index (χ2v) is 5.11. The maximum Gasteiger partial charge on any atom is 0.248 e. The lowest BCUT2D eigenvalue weighted by Crippen LogP contribution is -2.41. The predicted octanol–water partition coefficient (Wildman–Crippen LogP) is 2.01. The zero-order valence-electron chi connectivity index (χ0n) is 12.3. The maximum atomic E-state index is 11.0. The molecule has 0 heterocycles. The van der Waals surface area contributed by atoms with Crippen molar-refractivity contribution in [3.8, 4) is 0 Å². The minimum Gasteiger partial charge on any atom is -0.366 e. The fourth-order valence-electron chi connectivity index (χ4n) is 2.43. The maximum absolute atomic E-state index is 11.0. The normalized spacial score (nSPS) is 15.4. The molecular weight excluding hydrogens is 379 g/mol. The summed E-state index contributed by atoms with van der Waals surface area (Å²) in [7, 11) is 1.78. The van der Waals surface area contributed by atoms with Crippen molar-refractivity contribution >= 4 is 35.8 Å². The number of guanidine groups is 1. The number of carbonyl (C=O) groups excluding carboxylic acids is 1. The number of primary amides is 1. The Morgan fingerprint density at radius 3 is 2.43 bits per heavy atom. The minimum absolute atomic E-state index is 0. The van der Waals surface area contributed by atoms with Gasteiger partial charge in [0.1, 0.15) is 0 Å². The molecule has 0 unspecified atom stereocenters. The third kappa shape index (κ3) is 5.53. The highest BCUT2D eigenvalue weighted by Gasteiger charge is 2.15. The lowest BCUT2D eigenvalue weighted by atomic mass is 10.1. The van der Waals surface area contributed by atoms with E-state index in [4.69, 9.17) is 5.73 Å². The molecule has 1 aromatic carbocycles. The van der Waals surface area contributed by atoms with Crippen LogP contribution in [0.3, 0.4) is 0 Å². The van der Waals surface area contributed by atoms with Gasteiger partial charge >= 0.3 is 0 Å². The van der Waals surface area contributed by atoms with Gasteiger partial charge in [-0.15, -0.1) is 24.0 Å². The largest absolute Gasteiger partial charge is 0.366 e. The number of nitrogens with two attached hydrogens (primary N) is 1. The molecule has 0 bridgehead atoms. The van der Waals surface area contributed by atoms with Crippen LogP contribution in [0.4, 0.5) is 0 Å². The van der Waals surface area contributed by atoms with Crippen molar-refractivity contribution in [3.63, 3.8) is 0 Å². The Morgan fingerprint density at radius 2 is 1.90 bits per heavy atom. The molecule has 0 aliphatic heterocycles. The van der Waals surface area contributed by atoms with Crippen molar-refractivity contribution in [2.45, 2.75) is 38.3 Å². The van der Waals surface area contributed by atoms with Crippen molar-refractivity contribution in [1.82, 2.24) is 10.6 Å². The molecule has 0 aromatic heterocycles. The molecule has 6 heteroatoms. The van der Waals surface area contributed by atoms with E-state index in [-0.39, 0.29) is 24.0 Å². The highest BCUT2D eigenvalue weighted by molar-refractivity contribution is 14.0. The van der Waals surface area contributed by atoms with Crippen LogP contribution in [-0.2, 0) is 6.54 Å². The van der Waals surface area contributed by atoms with E-state index in [1.807, 2.05) is 12.1 Å². The molecule has 0 atom stereocenters. The van der Waals surface area contributed by atoms with Gasteiger partial charge in [0.2, 0.25) is 5.91 Å². The van der Waals surface area contributed by atoms with Crippen molar-refractivity contribution in [2.24, 2.45) is 10.7 Å². The minimum atomic E-state index is -0.400. The zero-order valence-corrected chi connectivity index (χ0v) is 14.6. The molecular formula is C15H23IN4O. The molecule has 116 valence electrons. The molecule has 1 saturated carbocycles. The van der Waals surface area contributed by atoms with E-state index in [0.717, 1.165) is 11.5 Å². The van der Waals surface area contributed by atoms with E-state index in [1.165, 1.54) is 25.7 Å². The van der Waals surface area contributed by atoms with Gasteiger partial charge in [0.05, 0.1) is 0 Å². The summed E-state index contributed by atoms with van der Waals surface area (Å²) in [6.45, 7) is 0.672. The monoisotopic (exact) mass is 402 g/mol. The average Bonchev–Trinajstić information content (AvgIpc) is 2.96. The first-order chi connectivity index (χ1) is 9.69. The van der Waals surface area contributed by atoms with Crippen LogP contribution in [0.1, 0.15) is 41.6 Å². The number of nitrogens with zero attached hydrogens (tertiary/aromatic N) is 1. The Bertz CT molecular complexity index is 481. The Kier molecular flexibility index (Phi) is 7.49. The fraction of sp³-hybridized carbons (Fsp3) is 0.467. The first-order valence-corrected chi connectivity index (χ1v) is 7.05. The van der Waals surface area contributed by atoms with Gasteiger partial charge in [-0.3, -0.25) is 9.79 Å². The smallest absolute Gasteiger partial charge is 0.248 e. The van der Waals surface area contributed by atoms with Gasteiger partial charge in [0, 0.05) is 25.2 Å². The van der Waals surface area contributed by atoms with Crippen molar-refractivity contribution in [2.75, 3.05) is 7.05 Å². The Morgan fingerprint density at radius 1 is 1.29 bits per heavy atom. The molecule has 2 rings (SSSR count). The first kappa shape index (κ1) is 17.7. The van der Waals surface area contributed by atoms with E-state index in [2.05, 4.69) is 15.6 Å². The summed E-state index contributed by atoms with van der Waals surface area (Å²) < 4.78 is 0. The Hall–Kier alpha value is -1.31. The number of aliphatic imine (C=N–C) groups is 1. The zero-order chi connectivity index (χ0) is 14.4. The van der Waals surface area contributed by atoms with Gasteiger partial charge < -0.3 is 16.4 Å². The molecule has 1 aliphatic rings. The molecule has 21 heavy (non-hydrogen) atoms. The molecule has 0 spiro atoms. The molecule has 4 N–H and O–H groups in total. The SMILES string of the molecule is CN=C(NCc1ccc(C(N)=O)cc1)NC1CCCC1.I. The van der Waals surface area contributed by atoms with E-state index >= 15 is 0 Å². The summed E-state index contributed by atoms with van der Waals surface area (Å²) in [5.74, 6) is 0.430. The van der Waals surface area contributed by atoms with E-state index in [0.29, 0.717) is 18.2 Å². The fourth-order valence-corrected chi connectivity index (χ4v) is 2.43. The van der Waals surface area contributed by atoms with E-state index in [1.54, 1.807) is 19.2 Å². The summed E-state index contributed by atoms with van der Waals surface area (Å²) in [6.07, 6.45) is 5.02. The number of hydrogen-bond acceptors (Lipinski definition) is 2. The van der Waals surface area contributed by atoms with Crippen LogP contribution >= 0.6 is 24.0 Å². The van der Waals surface area contributed by atoms with Crippen LogP contribution < -0.4 is 16.4 Å². The molecule has 1 aliphatic carbocycles. The Labute approximate surface area is 142 Å². The number of benzene rings is 1. The quantitative estimate of drug-likeness (QED) is 0.410. The summed E-state index contributed by atoms with van der Waals surface area (Å²) in [6, 6.07) is 7.82.